The topological polar surface area (TPSA) is 49.8 Å². The molecule has 1 N–H and O–H groups in total. The van der Waals surface area contributed by atoms with Gasteiger partial charge in [0.25, 0.3) is 0 Å². The van der Waals surface area contributed by atoms with Gasteiger partial charge < -0.3 is 9.84 Å². The second kappa shape index (κ2) is 5.50. The summed E-state index contributed by atoms with van der Waals surface area (Å²) in [6.07, 6.45) is 0.244. The second-order valence-electron chi connectivity index (χ2n) is 4.64. The number of hydrogen-bond acceptors (Lipinski definition) is 4. The summed E-state index contributed by atoms with van der Waals surface area (Å²) in [6, 6.07) is 7.82. The van der Waals surface area contributed by atoms with E-state index in [9.17, 15) is 9.90 Å². The molecule has 0 bridgehead atoms. The summed E-state index contributed by atoms with van der Waals surface area (Å²) < 4.78 is 4.92. The van der Waals surface area contributed by atoms with E-state index in [0.717, 1.165) is 17.5 Å². The number of nitrogens with zero attached hydrogens (tertiary/aromatic N) is 1. The number of benzene rings is 1. The molecule has 98 valence electrons. The largest absolute Gasteiger partial charge is 0.465 e. The maximum atomic E-state index is 11.4. The fraction of sp³-hybridized carbons (Fsp3) is 0.500. The second-order valence-corrected chi connectivity index (χ2v) is 4.64. The minimum atomic E-state index is -0.527. The average molecular weight is 249 g/mol. The number of rotatable bonds is 4. The van der Waals surface area contributed by atoms with Gasteiger partial charge in [-0.1, -0.05) is 24.3 Å². The first-order chi connectivity index (χ1) is 8.63. The molecule has 0 amide bonds. The summed E-state index contributed by atoms with van der Waals surface area (Å²) in [7, 11) is 1.84. The van der Waals surface area contributed by atoms with Gasteiger partial charge in [-0.15, -0.1) is 0 Å². The Morgan fingerprint density at radius 1 is 1.50 bits per heavy atom. The first kappa shape index (κ1) is 13.1. The maximum Gasteiger partial charge on any atom is 0.320 e. The molecule has 0 fully saturated rings. The van der Waals surface area contributed by atoms with Gasteiger partial charge in [-0.25, -0.2) is 0 Å². The van der Waals surface area contributed by atoms with Crippen molar-refractivity contribution in [2.45, 2.75) is 25.5 Å². The molecule has 0 spiro atoms. The molecule has 1 aliphatic rings. The molecular formula is C14H19NO3. The van der Waals surface area contributed by atoms with Gasteiger partial charge >= 0.3 is 5.97 Å². The summed E-state index contributed by atoms with van der Waals surface area (Å²) in [5.41, 5.74) is 2.13. The van der Waals surface area contributed by atoms with Crippen LogP contribution in [-0.2, 0) is 16.0 Å². The molecule has 0 heterocycles. The smallest absolute Gasteiger partial charge is 0.320 e. The molecule has 2 rings (SSSR count). The first-order valence-electron chi connectivity index (χ1n) is 6.25. The van der Waals surface area contributed by atoms with Crippen molar-refractivity contribution in [2.24, 2.45) is 0 Å². The Balaban J connectivity index is 2.02. The molecule has 0 saturated carbocycles. The summed E-state index contributed by atoms with van der Waals surface area (Å²) in [6.45, 7) is 2.39. The van der Waals surface area contributed by atoms with Gasteiger partial charge in [0.1, 0.15) is 0 Å². The normalized spacial score (nSPS) is 22.0. The lowest BCUT2D eigenvalue weighted by Crippen LogP contribution is -2.39. The summed E-state index contributed by atoms with van der Waals surface area (Å²) in [5.74, 6) is -0.247. The van der Waals surface area contributed by atoms with Crippen LogP contribution in [0, 0.1) is 0 Å². The fourth-order valence-corrected chi connectivity index (χ4v) is 2.48. The molecule has 4 heteroatoms. The predicted octanol–water partition coefficient (Wildman–Crippen LogP) is 1.14. The van der Waals surface area contributed by atoms with Gasteiger partial charge in [-0.3, -0.25) is 9.69 Å². The van der Waals surface area contributed by atoms with E-state index in [1.54, 1.807) is 6.92 Å². The summed E-state index contributed by atoms with van der Waals surface area (Å²) in [5, 5.41) is 10.3. The van der Waals surface area contributed by atoms with E-state index in [0.29, 0.717) is 6.61 Å². The van der Waals surface area contributed by atoms with Crippen LogP contribution in [0.1, 0.15) is 24.2 Å². The van der Waals surface area contributed by atoms with E-state index >= 15 is 0 Å². The first-order valence-corrected chi connectivity index (χ1v) is 6.25. The van der Waals surface area contributed by atoms with Crippen molar-refractivity contribution >= 4 is 5.97 Å². The van der Waals surface area contributed by atoms with Crippen molar-refractivity contribution in [2.75, 3.05) is 20.2 Å². The van der Waals surface area contributed by atoms with Crippen LogP contribution >= 0.6 is 0 Å². The molecule has 1 aliphatic carbocycles. The Labute approximate surface area is 107 Å². The zero-order valence-electron chi connectivity index (χ0n) is 10.8. The predicted molar refractivity (Wildman–Crippen MR) is 68.2 cm³/mol. The van der Waals surface area contributed by atoms with E-state index in [1.165, 1.54) is 0 Å². The van der Waals surface area contributed by atoms with E-state index in [2.05, 4.69) is 0 Å². The molecule has 2 unspecified atom stereocenters. The lowest BCUT2D eigenvalue weighted by Gasteiger charge is -2.26. The molecule has 0 aliphatic heterocycles. The van der Waals surface area contributed by atoms with Gasteiger partial charge in [0, 0.05) is 6.04 Å². The quantitative estimate of drug-likeness (QED) is 0.813. The van der Waals surface area contributed by atoms with Crippen molar-refractivity contribution in [3.8, 4) is 0 Å². The summed E-state index contributed by atoms with van der Waals surface area (Å²) in [4.78, 5) is 13.3. The van der Waals surface area contributed by atoms with E-state index in [4.69, 9.17) is 4.74 Å². The van der Waals surface area contributed by atoms with Crippen LogP contribution in [-0.4, -0.2) is 42.2 Å². The minimum Gasteiger partial charge on any atom is -0.465 e. The van der Waals surface area contributed by atoms with Crippen molar-refractivity contribution in [3.05, 3.63) is 35.4 Å². The third kappa shape index (κ3) is 2.54. The van der Waals surface area contributed by atoms with Gasteiger partial charge in [0.15, 0.2) is 0 Å². The third-order valence-electron chi connectivity index (χ3n) is 3.42. The number of carbonyl (C=O) groups excluding carboxylic acids is 1. The van der Waals surface area contributed by atoms with Crippen LogP contribution in [0.3, 0.4) is 0 Å². The van der Waals surface area contributed by atoms with Crippen molar-refractivity contribution < 1.29 is 14.6 Å². The highest BCUT2D eigenvalue weighted by Gasteiger charge is 2.33. The molecule has 0 aromatic heterocycles. The third-order valence-corrected chi connectivity index (χ3v) is 3.42. The van der Waals surface area contributed by atoms with Gasteiger partial charge in [0.05, 0.1) is 19.3 Å². The molecule has 0 radical (unpaired) electrons. The minimum absolute atomic E-state index is 0.0493. The number of esters is 1. The lowest BCUT2D eigenvalue weighted by molar-refractivity contribution is -0.145. The molecule has 1 aromatic rings. The Morgan fingerprint density at radius 3 is 2.89 bits per heavy atom. The molecule has 0 saturated heterocycles. The van der Waals surface area contributed by atoms with Crippen LogP contribution < -0.4 is 0 Å². The van der Waals surface area contributed by atoms with Crippen LogP contribution in [0.5, 0.6) is 0 Å². The standard InChI is InChI=1S/C14H19NO3/c1-3-18-13(16)9-15(2)12-8-10-6-4-5-7-11(10)14(12)17/h4-7,12,14,17H,3,8-9H2,1-2H3. The molecular weight excluding hydrogens is 230 g/mol. The molecule has 2 atom stereocenters. The monoisotopic (exact) mass is 249 g/mol. The Morgan fingerprint density at radius 2 is 2.22 bits per heavy atom. The number of fused-ring (bicyclic) bond motifs is 1. The zero-order valence-corrected chi connectivity index (χ0v) is 10.8. The Kier molecular flexibility index (Phi) is 3.99. The van der Waals surface area contributed by atoms with Gasteiger partial charge in [0.2, 0.25) is 0 Å². The van der Waals surface area contributed by atoms with E-state index in [-0.39, 0.29) is 18.6 Å². The van der Waals surface area contributed by atoms with Crippen molar-refractivity contribution in [3.63, 3.8) is 0 Å². The van der Waals surface area contributed by atoms with Crippen LogP contribution in [0.15, 0.2) is 24.3 Å². The molecule has 18 heavy (non-hydrogen) atoms. The molecule has 1 aromatic carbocycles. The van der Waals surface area contributed by atoms with Gasteiger partial charge in [-0.05, 0) is 31.5 Å². The number of carbonyl (C=O) groups is 1. The molecule has 4 nitrogen and oxygen atoms in total. The zero-order chi connectivity index (χ0) is 13.1. The number of likely N-dealkylation sites (N-methyl/N-ethyl adjacent to an activating group) is 1. The highest BCUT2D eigenvalue weighted by molar-refractivity contribution is 5.71. The summed E-state index contributed by atoms with van der Waals surface area (Å²) >= 11 is 0. The average Bonchev–Trinajstić information content (AvgIpc) is 2.68. The van der Waals surface area contributed by atoms with E-state index < -0.39 is 6.10 Å². The number of aliphatic hydroxyl groups is 1. The van der Waals surface area contributed by atoms with Crippen LogP contribution in [0.25, 0.3) is 0 Å². The highest BCUT2D eigenvalue weighted by atomic mass is 16.5. The lowest BCUT2D eigenvalue weighted by atomic mass is 10.1. The SMILES string of the molecule is CCOC(=O)CN(C)C1Cc2ccccc2C1O. The van der Waals surface area contributed by atoms with Crippen molar-refractivity contribution in [1.29, 1.82) is 0 Å². The number of aliphatic hydroxyl groups excluding tert-OH is 1. The number of ether oxygens (including phenoxy) is 1. The number of hydrogen-bond donors (Lipinski definition) is 1. The van der Waals surface area contributed by atoms with Gasteiger partial charge in [-0.2, -0.15) is 0 Å². The van der Waals surface area contributed by atoms with E-state index in [1.807, 2.05) is 36.2 Å². The highest BCUT2D eigenvalue weighted by Crippen LogP contribution is 2.33. The fourth-order valence-electron chi connectivity index (χ4n) is 2.48. The van der Waals surface area contributed by atoms with Crippen LogP contribution in [0.4, 0.5) is 0 Å². The maximum absolute atomic E-state index is 11.4. The van der Waals surface area contributed by atoms with Crippen molar-refractivity contribution in [1.82, 2.24) is 4.90 Å². The Hall–Kier alpha value is -1.39. The van der Waals surface area contributed by atoms with Crippen LogP contribution in [0.2, 0.25) is 0 Å². The Bertz CT molecular complexity index is 433.